The molecule has 0 bridgehead atoms. The number of aliphatic hydroxyl groups is 1. The maximum Gasteiger partial charge on any atom is 0.217 e. The van der Waals surface area contributed by atoms with E-state index in [9.17, 15) is 18.1 Å². The number of phenols is 1. The highest BCUT2D eigenvalue weighted by Crippen LogP contribution is 2.22. The van der Waals surface area contributed by atoms with Gasteiger partial charge in [-0.05, 0) is 30.5 Å². The van der Waals surface area contributed by atoms with Gasteiger partial charge in [-0.2, -0.15) is 0 Å². The van der Waals surface area contributed by atoms with Gasteiger partial charge in [0.15, 0.2) is 12.4 Å². The van der Waals surface area contributed by atoms with Crippen LogP contribution in [-0.2, 0) is 34.6 Å². The Labute approximate surface area is 160 Å². The van der Waals surface area contributed by atoms with Crippen molar-refractivity contribution in [3.05, 3.63) is 53.9 Å². The summed E-state index contributed by atoms with van der Waals surface area (Å²) in [5.74, 6) is 0.220. The van der Waals surface area contributed by atoms with E-state index >= 15 is 0 Å². The molecule has 27 heavy (non-hydrogen) atoms. The number of hydrogen-bond acceptors (Lipinski definition) is 7. The van der Waals surface area contributed by atoms with Crippen molar-refractivity contribution < 1.29 is 31.9 Å². The van der Waals surface area contributed by atoms with Crippen molar-refractivity contribution in [2.24, 2.45) is 7.05 Å². The molecule has 1 aromatic carbocycles. The summed E-state index contributed by atoms with van der Waals surface area (Å²) in [6.45, 7) is 2.44. The van der Waals surface area contributed by atoms with Gasteiger partial charge in [0, 0.05) is 36.5 Å². The van der Waals surface area contributed by atoms with Crippen molar-refractivity contribution in [3.8, 4) is 5.75 Å². The number of benzene rings is 1. The number of anilines is 1. The molecule has 9 heteroatoms. The fraction of sp³-hybridized carbons (Fsp3) is 0.389. The minimum Gasteiger partial charge on any atom is -0.726 e. The number of phenolic OH excluding ortho intramolecular Hbond substituents is 1. The molecule has 0 spiro atoms. The second-order valence-corrected chi connectivity index (χ2v) is 6.83. The third kappa shape index (κ3) is 9.90. The summed E-state index contributed by atoms with van der Waals surface area (Å²) in [6, 6.07) is 9.48. The first kappa shape index (κ1) is 22.8. The Kier molecular flexibility index (Phi) is 9.73. The number of aryl methyl sites for hydroxylation is 1. The SMILES string of the molecule is CCCOS(=O)(=O)[O-].C[n+]1cccc(CNc2ccc(CCO)c(O)c2)c1. The van der Waals surface area contributed by atoms with E-state index in [4.69, 9.17) is 5.11 Å². The largest absolute Gasteiger partial charge is 0.726 e. The average Bonchev–Trinajstić information content (AvgIpc) is 2.60. The van der Waals surface area contributed by atoms with Crippen molar-refractivity contribution in [3.63, 3.8) is 0 Å². The summed E-state index contributed by atoms with van der Waals surface area (Å²) in [7, 11) is -2.45. The van der Waals surface area contributed by atoms with Gasteiger partial charge in [0.2, 0.25) is 10.4 Å². The van der Waals surface area contributed by atoms with Crippen LogP contribution in [0.2, 0.25) is 0 Å². The molecule has 0 saturated heterocycles. The van der Waals surface area contributed by atoms with Crippen molar-refractivity contribution in [1.82, 2.24) is 0 Å². The van der Waals surface area contributed by atoms with Gasteiger partial charge < -0.3 is 20.1 Å². The highest BCUT2D eigenvalue weighted by Gasteiger charge is 2.03. The summed E-state index contributed by atoms with van der Waals surface area (Å²) in [4.78, 5) is 0. The molecule has 0 aliphatic rings. The van der Waals surface area contributed by atoms with Crippen LogP contribution in [0.25, 0.3) is 0 Å². The van der Waals surface area contributed by atoms with E-state index in [-0.39, 0.29) is 19.0 Å². The van der Waals surface area contributed by atoms with Crippen molar-refractivity contribution in [1.29, 1.82) is 0 Å². The maximum atomic E-state index is 9.81. The predicted octanol–water partition coefficient (Wildman–Crippen LogP) is 1.24. The molecule has 0 aliphatic carbocycles. The van der Waals surface area contributed by atoms with E-state index < -0.39 is 10.4 Å². The van der Waals surface area contributed by atoms with Gasteiger partial charge in [0.05, 0.1) is 6.61 Å². The van der Waals surface area contributed by atoms with E-state index in [2.05, 4.69) is 9.50 Å². The average molecular weight is 398 g/mol. The Balaban J connectivity index is 0.000000387. The summed E-state index contributed by atoms with van der Waals surface area (Å²) in [5.41, 5.74) is 2.80. The molecule has 0 atom stereocenters. The lowest BCUT2D eigenvalue weighted by atomic mass is 10.1. The molecule has 0 radical (unpaired) electrons. The monoisotopic (exact) mass is 398 g/mol. The maximum absolute atomic E-state index is 9.81. The standard InChI is InChI=1S/C15H18N2O2.C3H8O4S/c1-17-7-2-3-12(11-17)10-16-14-5-4-13(6-8-18)15(19)9-14;1-2-3-7-8(4,5)6/h2-5,7,9,11,16,18H,6,8,10H2,1H3;2-3H2,1H3,(H,4,5,6). The Bertz CT molecular complexity index is 811. The zero-order chi connectivity index (χ0) is 20.3. The first-order valence-corrected chi connectivity index (χ1v) is 9.79. The van der Waals surface area contributed by atoms with Crippen LogP contribution in [0.3, 0.4) is 0 Å². The molecule has 3 N–H and O–H groups in total. The molecule has 2 aromatic rings. The molecule has 1 aromatic heterocycles. The molecule has 2 rings (SSSR count). The zero-order valence-electron chi connectivity index (χ0n) is 15.5. The summed E-state index contributed by atoms with van der Waals surface area (Å²) < 4.78 is 34.6. The van der Waals surface area contributed by atoms with Crippen molar-refractivity contribution in [2.75, 3.05) is 18.5 Å². The second kappa shape index (κ2) is 11.5. The minimum absolute atomic E-state index is 0.0220. The fourth-order valence-corrected chi connectivity index (χ4v) is 2.52. The number of pyridine rings is 1. The number of aliphatic hydroxyl groups excluding tert-OH is 1. The molecule has 150 valence electrons. The molecule has 8 nitrogen and oxygen atoms in total. The summed E-state index contributed by atoms with van der Waals surface area (Å²) in [6.07, 6.45) is 5.04. The van der Waals surface area contributed by atoms with Crippen LogP contribution in [0.1, 0.15) is 24.5 Å². The number of aromatic nitrogens is 1. The number of hydrogen-bond donors (Lipinski definition) is 3. The number of rotatable bonds is 8. The minimum atomic E-state index is -4.44. The Morgan fingerprint density at radius 3 is 2.56 bits per heavy atom. The summed E-state index contributed by atoms with van der Waals surface area (Å²) in [5, 5.41) is 21.9. The first-order chi connectivity index (χ1) is 12.7. The highest BCUT2D eigenvalue weighted by molar-refractivity contribution is 7.80. The Morgan fingerprint density at radius 1 is 1.30 bits per heavy atom. The van der Waals surface area contributed by atoms with Crippen LogP contribution in [0, 0.1) is 0 Å². The lowest BCUT2D eigenvalue weighted by Crippen LogP contribution is -2.27. The van der Waals surface area contributed by atoms with Gasteiger partial charge in [0.1, 0.15) is 12.8 Å². The third-order valence-corrected chi connectivity index (χ3v) is 3.85. The number of nitrogens with zero attached hydrogens (tertiary/aromatic N) is 1. The molecular formula is C18H26N2O6S. The van der Waals surface area contributed by atoms with E-state index in [0.717, 1.165) is 11.3 Å². The molecular weight excluding hydrogens is 372 g/mol. The van der Waals surface area contributed by atoms with Gasteiger partial charge >= 0.3 is 0 Å². The Morgan fingerprint density at radius 2 is 2.04 bits per heavy atom. The number of aromatic hydroxyl groups is 1. The topological polar surface area (TPSA) is 123 Å². The molecule has 0 saturated carbocycles. The quantitative estimate of drug-likeness (QED) is 0.347. The van der Waals surface area contributed by atoms with Crippen LogP contribution in [0.5, 0.6) is 5.75 Å². The molecule has 0 unspecified atom stereocenters. The van der Waals surface area contributed by atoms with Crippen molar-refractivity contribution >= 4 is 16.1 Å². The predicted molar refractivity (Wildman–Crippen MR) is 99.8 cm³/mol. The molecule has 0 fully saturated rings. The van der Waals surface area contributed by atoms with E-state index in [1.54, 1.807) is 13.0 Å². The molecule has 1 heterocycles. The van der Waals surface area contributed by atoms with Crippen molar-refractivity contribution in [2.45, 2.75) is 26.3 Å². The molecule has 0 amide bonds. The van der Waals surface area contributed by atoms with Crippen LogP contribution in [-0.4, -0.2) is 36.4 Å². The van der Waals surface area contributed by atoms with Crippen LogP contribution < -0.4 is 9.88 Å². The first-order valence-electron chi connectivity index (χ1n) is 8.46. The normalized spacial score (nSPS) is 10.8. The lowest BCUT2D eigenvalue weighted by Gasteiger charge is -2.08. The third-order valence-electron chi connectivity index (χ3n) is 3.40. The van der Waals surface area contributed by atoms with E-state index in [0.29, 0.717) is 19.4 Å². The second-order valence-electron chi connectivity index (χ2n) is 5.78. The van der Waals surface area contributed by atoms with Crippen LogP contribution >= 0.6 is 0 Å². The molecule has 0 aliphatic heterocycles. The lowest BCUT2D eigenvalue weighted by molar-refractivity contribution is -0.671. The van der Waals surface area contributed by atoms with Crippen LogP contribution in [0.4, 0.5) is 5.69 Å². The van der Waals surface area contributed by atoms with E-state index in [1.165, 1.54) is 5.56 Å². The van der Waals surface area contributed by atoms with Gasteiger partial charge in [-0.1, -0.05) is 13.0 Å². The Hall–Kier alpha value is -2.20. The fourth-order valence-electron chi connectivity index (χ4n) is 2.15. The van der Waals surface area contributed by atoms with Crippen LogP contribution in [0.15, 0.2) is 42.7 Å². The van der Waals surface area contributed by atoms with Gasteiger partial charge in [-0.15, -0.1) is 0 Å². The van der Waals surface area contributed by atoms with Gasteiger partial charge in [-0.3, -0.25) is 4.18 Å². The zero-order valence-corrected chi connectivity index (χ0v) is 16.3. The van der Waals surface area contributed by atoms with E-state index in [1.807, 2.05) is 48.3 Å². The smallest absolute Gasteiger partial charge is 0.217 e. The van der Waals surface area contributed by atoms with Gasteiger partial charge in [0.25, 0.3) is 0 Å². The number of nitrogens with one attached hydrogen (secondary N) is 1. The highest BCUT2D eigenvalue weighted by atomic mass is 32.3. The van der Waals surface area contributed by atoms with Gasteiger partial charge in [-0.25, -0.2) is 13.0 Å². The summed E-state index contributed by atoms with van der Waals surface area (Å²) >= 11 is 0.